The number of halogens is 4. The molecule has 0 aliphatic heterocycles. The first-order valence-electron chi connectivity index (χ1n) is 6.02. The molecule has 0 amide bonds. The number of hydrogen-bond acceptors (Lipinski definition) is 2. The maximum Gasteiger partial charge on any atom is 0.416 e. The van der Waals surface area contributed by atoms with Gasteiger partial charge in [-0.3, -0.25) is 0 Å². The average Bonchev–Trinajstić information content (AvgIpc) is 2.46. The molecule has 0 bridgehead atoms. The normalized spacial score (nSPS) is 11.3. The summed E-state index contributed by atoms with van der Waals surface area (Å²) in [6.45, 7) is 0. The van der Waals surface area contributed by atoms with E-state index in [0.29, 0.717) is 0 Å². The van der Waals surface area contributed by atoms with Crippen molar-refractivity contribution in [1.82, 2.24) is 0 Å². The second-order valence-electron chi connectivity index (χ2n) is 4.41. The molecule has 2 rings (SSSR count). The van der Waals surface area contributed by atoms with Gasteiger partial charge in [0, 0.05) is 11.1 Å². The van der Waals surface area contributed by atoms with Gasteiger partial charge in [0.1, 0.15) is 11.6 Å². The molecule has 7 heteroatoms. The number of rotatable bonds is 3. The Labute approximate surface area is 122 Å². The number of benzene rings is 2. The van der Waals surface area contributed by atoms with Gasteiger partial charge in [0.05, 0.1) is 18.2 Å². The van der Waals surface area contributed by atoms with E-state index in [1.54, 1.807) is 0 Å². The zero-order valence-electron chi connectivity index (χ0n) is 11.2. The van der Waals surface area contributed by atoms with Crippen LogP contribution in [0.5, 0.6) is 5.75 Å². The summed E-state index contributed by atoms with van der Waals surface area (Å²) in [5.41, 5.74) is -1.67. The molecule has 116 valence electrons. The smallest absolute Gasteiger partial charge is 0.416 e. The predicted molar refractivity (Wildman–Crippen MR) is 70.3 cm³/mol. The number of carbonyl (C=O) groups is 1. The Kier molecular flexibility index (Phi) is 4.07. The van der Waals surface area contributed by atoms with E-state index in [1.165, 1.54) is 7.11 Å². The highest BCUT2D eigenvalue weighted by atomic mass is 19.4. The minimum Gasteiger partial charge on any atom is -0.496 e. The molecule has 0 fully saturated rings. The molecule has 2 aromatic carbocycles. The fourth-order valence-electron chi connectivity index (χ4n) is 1.96. The predicted octanol–water partition coefficient (Wildman–Crippen LogP) is 4.22. The summed E-state index contributed by atoms with van der Waals surface area (Å²) in [7, 11) is 1.23. The van der Waals surface area contributed by atoms with E-state index in [0.717, 1.165) is 36.4 Å². The van der Waals surface area contributed by atoms with Gasteiger partial charge >= 0.3 is 12.1 Å². The molecule has 2 aromatic rings. The van der Waals surface area contributed by atoms with E-state index < -0.39 is 23.5 Å². The Hall–Kier alpha value is -2.57. The molecule has 0 heterocycles. The van der Waals surface area contributed by atoms with Gasteiger partial charge in [-0.2, -0.15) is 13.2 Å². The third-order valence-electron chi connectivity index (χ3n) is 3.03. The summed E-state index contributed by atoms with van der Waals surface area (Å²) >= 11 is 0. The van der Waals surface area contributed by atoms with Crippen LogP contribution in [0.1, 0.15) is 15.9 Å². The standard InChI is InChI=1S/C15H10F4O3/c1-22-13-5-3-9(15(17,18)19)7-11(13)10-6-8(14(20)21)2-4-12(10)16/h2-7H,1H3,(H,20,21). The van der Waals surface area contributed by atoms with Crippen molar-refractivity contribution in [3.63, 3.8) is 0 Å². The number of hydrogen-bond donors (Lipinski definition) is 1. The highest BCUT2D eigenvalue weighted by molar-refractivity contribution is 5.90. The fourth-order valence-corrected chi connectivity index (χ4v) is 1.96. The maximum atomic E-state index is 13.9. The van der Waals surface area contributed by atoms with Gasteiger partial charge in [0.25, 0.3) is 0 Å². The molecule has 0 unspecified atom stereocenters. The van der Waals surface area contributed by atoms with E-state index in [2.05, 4.69) is 0 Å². The minimum absolute atomic E-state index is 0.00874. The van der Waals surface area contributed by atoms with Crippen LogP contribution in [-0.2, 0) is 6.18 Å². The zero-order valence-corrected chi connectivity index (χ0v) is 11.2. The molecule has 0 saturated carbocycles. The molecule has 1 N–H and O–H groups in total. The lowest BCUT2D eigenvalue weighted by Gasteiger charge is -2.14. The summed E-state index contributed by atoms with van der Waals surface area (Å²) in [5, 5.41) is 8.92. The monoisotopic (exact) mass is 314 g/mol. The molecular formula is C15H10F4O3. The quantitative estimate of drug-likeness (QED) is 0.863. The maximum absolute atomic E-state index is 13.9. The Morgan fingerprint density at radius 2 is 1.77 bits per heavy atom. The molecule has 0 aliphatic rings. The van der Waals surface area contributed by atoms with E-state index in [-0.39, 0.29) is 22.4 Å². The summed E-state index contributed by atoms with van der Waals surface area (Å²) in [6, 6.07) is 5.48. The summed E-state index contributed by atoms with van der Waals surface area (Å²) < 4.78 is 57.3. The summed E-state index contributed by atoms with van der Waals surface area (Å²) in [6.07, 6.45) is -4.61. The minimum atomic E-state index is -4.61. The van der Waals surface area contributed by atoms with Crippen molar-refractivity contribution in [2.24, 2.45) is 0 Å². The SMILES string of the molecule is COc1ccc(C(F)(F)F)cc1-c1cc(C(=O)O)ccc1F. The molecule has 0 saturated heterocycles. The lowest BCUT2D eigenvalue weighted by atomic mass is 9.99. The number of aromatic carboxylic acids is 1. The Balaban J connectivity index is 2.70. The van der Waals surface area contributed by atoms with Crippen LogP contribution in [0.15, 0.2) is 36.4 Å². The number of carboxylic acid groups (broad SMARTS) is 1. The molecule has 0 radical (unpaired) electrons. The largest absolute Gasteiger partial charge is 0.496 e. The third kappa shape index (κ3) is 3.03. The summed E-state index contributed by atoms with van der Waals surface area (Å²) in [5.74, 6) is -2.15. The van der Waals surface area contributed by atoms with Crippen LogP contribution in [0.3, 0.4) is 0 Å². The zero-order chi connectivity index (χ0) is 16.5. The Bertz CT molecular complexity index is 723. The van der Waals surface area contributed by atoms with Crippen molar-refractivity contribution >= 4 is 5.97 Å². The van der Waals surface area contributed by atoms with Crippen LogP contribution in [0, 0.1) is 5.82 Å². The lowest BCUT2D eigenvalue weighted by molar-refractivity contribution is -0.137. The average molecular weight is 314 g/mol. The van der Waals surface area contributed by atoms with Crippen LogP contribution in [-0.4, -0.2) is 18.2 Å². The molecule has 0 aliphatic carbocycles. The fraction of sp³-hybridized carbons (Fsp3) is 0.133. The van der Waals surface area contributed by atoms with E-state index in [1.807, 2.05) is 0 Å². The summed E-state index contributed by atoms with van der Waals surface area (Å²) in [4.78, 5) is 10.9. The van der Waals surface area contributed by atoms with Crippen molar-refractivity contribution in [1.29, 1.82) is 0 Å². The van der Waals surface area contributed by atoms with Crippen molar-refractivity contribution in [3.05, 3.63) is 53.3 Å². The number of ether oxygens (including phenoxy) is 1. The van der Waals surface area contributed by atoms with Gasteiger partial charge in [0.15, 0.2) is 0 Å². The van der Waals surface area contributed by atoms with Gasteiger partial charge < -0.3 is 9.84 Å². The first-order chi connectivity index (χ1) is 10.2. The van der Waals surface area contributed by atoms with Crippen LogP contribution < -0.4 is 4.74 Å². The first-order valence-corrected chi connectivity index (χ1v) is 6.02. The molecule has 0 atom stereocenters. The van der Waals surface area contributed by atoms with Gasteiger partial charge in [-0.1, -0.05) is 0 Å². The van der Waals surface area contributed by atoms with Crippen LogP contribution in [0.25, 0.3) is 11.1 Å². The first kappa shape index (κ1) is 15.8. The van der Waals surface area contributed by atoms with E-state index in [4.69, 9.17) is 9.84 Å². The van der Waals surface area contributed by atoms with Crippen molar-refractivity contribution < 1.29 is 32.2 Å². The second kappa shape index (κ2) is 5.67. The Morgan fingerprint density at radius 1 is 1.09 bits per heavy atom. The number of alkyl halides is 3. The van der Waals surface area contributed by atoms with Crippen molar-refractivity contribution in [2.45, 2.75) is 6.18 Å². The molecule has 3 nitrogen and oxygen atoms in total. The van der Waals surface area contributed by atoms with E-state index in [9.17, 15) is 22.4 Å². The molecular weight excluding hydrogens is 304 g/mol. The third-order valence-corrected chi connectivity index (χ3v) is 3.03. The molecule has 0 aromatic heterocycles. The Morgan fingerprint density at radius 3 is 2.32 bits per heavy atom. The topological polar surface area (TPSA) is 46.5 Å². The second-order valence-corrected chi connectivity index (χ2v) is 4.41. The van der Waals surface area contributed by atoms with Gasteiger partial charge in [-0.05, 0) is 36.4 Å². The van der Waals surface area contributed by atoms with Gasteiger partial charge in [-0.25, -0.2) is 9.18 Å². The van der Waals surface area contributed by atoms with Crippen LogP contribution in [0.4, 0.5) is 17.6 Å². The lowest BCUT2D eigenvalue weighted by Crippen LogP contribution is -2.06. The molecule has 0 spiro atoms. The highest BCUT2D eigenvalue weighted by Crippen LogP contribution is 2.38. The number of carboxylic acids is 1. The number of methoxy groups -OCH3 is 1. The van der Waals surface area contributed by atoms with Crippen LogP contribution in [0.2, 0.25) is 0 Å². The van der Waals surface area contributed by atoms with Crippen molar-refractivity contribution in [2.75, 3.05) is 7.11 Å². The van der Waals surface area contributed by atoms with Crippen molar-refractivity contribution in [3.8, 4) is 16.9 Å². The van der Waals surface area contributed by atoms with Crippen LogP contribution >= 0.6 is 0 Å². The van der Waals surface area contributed by atoms with E-state index >= 15 is 0 Å². The van der Waals surface area contributed by atoms with Gasteiger partial charge in [0.2, 0.25) is 0 Å². The molecule has 22 heavy (non-hydrogen) atoms. The van der Waals surface area contributed by atoms with Gasteiger partial charge in [-0.15, -0.1) is 0 Å². The highest BCUT2D eigenvalue weighted by Gasteiger charge is 2.31.